The van der Waals surface area contributed by atoms with Crippen molar-refractivity contribution in [2.24, 2.45) is 0 Å². The van der Waals surface area contributed by atoms with Gasteiger partial charge in [0.05, 0.1) is 55.8 Å². The summed E-state index contributed by atoms with van der Waals surface area (Å²) in [5, 5.41) is 40.2. The van der Waals surface area contributed by atoms with Crippen molar-refractivity contribution in [1.29, 1.82) is 10.5 Å². The Labute approximate surface area is 705 Å². The molecule has 2 aliphatic carbocycles. The van der Waals surface area contributed by atoms with E-state index >= 15 is 0 Å². The quantitative estimate of drug-likeness (QED) is 0.0317. The molecule has 11 aliphatic rings. The molecular weight excluding hydrogens is 1590 g/mol. The van der Waals surface area contributed by atoms with Gasteiger partial charge in [0.25, 0.3) is 0 Å². The lowest BCUT2D eigenvalue weighted by molar-refractivity contribution is -0.159. The van der Waals surface area contributed by atoms with Gasteiger partial charge in [-0.3, -0.25) is 29.2 Å². The maximum atomic E-state index is 14.6. The number of carbonyl (C=O) groups is 6. The number of cyclic esters (lactones) is 1. The summed E-state index contributed by atoms with van der Waals surface area (Å²) in [5.41, 5.74) is 8.56. The first-order chi connectivity index (χ1) is 57.3. The van der Waals surface area contributed by atoms with Crippen LogP contribution in [0, 0.1) is 43.4 Å². The van der Waals surface area contributed by atoms with Gasteiger partial charge in [-0.25, -0.2) is 19.2 Å². The first-order valence-corrected chi connectivity index (χ1v) is 42.3. The van der Waals surface area contributed by atoms with Crippen LogP contribution in [0.3, 0.4) is 0 Å². The summed E-state index contributed by atoms with van der Waals surface area (Å²) >= 11 is 2.90. The van der Waals surface area contributed by atoms with Crippen LogP contribution >= 0.6 is 23.5 Å². The predicted octanol–water partition coefficient (Wildman–Crippen LogP) is 10.5. The number of esters is 3. The third-order valence-corrected chi connectivity index (χ3v) is 27.0. The highest BCUT2D eigenvalue weighted by atomic mass is 32.2. The Morgan fingerprint density at radius 2 is 1.25 bits per heavy atom. The van der Waals surface area contributed by atoms with Crippen LogP contribution in [0.4, 0.5) is 9.59 Å². The topological polar surface area (TPSA) is 346 Å². The van der Waals surface area contributed by atoms with Gasteiger partial charge in [0.2, 0.25) is 13.6 Å². The number of rotatable bonds is 18. The first-order valence-electron chi connectivity index (χ1n) is 40.1. The van der Waals surface area contributed by atoms with E-state index in [0.717, 1.165) is 33.4 Å². The third-order valence-electron chi connectivity index (χ3n) is 24.4. The molecule has 9 heterocycles. The number of thioether (sulfide) groups is 2. The summed E-state index contributed by atoms with van der Waals surface area (Å²) in [5.74, 6) is 2.06. The minimum absolute atomic E-state index is 0.0296. The lowest BCUT2D eigenvalue weighted by Crippen LogP contribution is -2.74. The lowest BCUT2D eigenvalue weighted by Gasteiger charge is -2.62. The number of nitrogens with one attached hydrogen (secondary N) is 2. The molecule has 9 aliphatic heterocycles. The monoisotopic (exact) mass is 1690 g/mol. The average Bonchev–Trinajstić information content (AvgIpc) is 0.850. The minimum atomic E-state index is -2.14. The number of carbonyl (C=O) groups excluding carboxylic acids is 6. The number of fused-ring (bicyclic) bond motifs is 20. The van der Waals surface area contributed by atoms with E-state index in [2.05, 4.69) is 67.8 Å². The van der Waals surface area contributed by atoms with Crippen LogP contribution in [0.5, 0.6) is 40.2 Å². The molecule has 2 amide bonds. The van der Waals surface area contributed by atoms with Crippen LogP contribution < -0.4 is 43.8 Å². The SMILES string of the molecule is COCOc1c(OC)c(C)cc2c1[C@@H]1C3CC4(O)C(=O)C(C)=C5OCOC5=C4[C@H](COC(=O)[C@@H](CSCC4c5ccccc5-c5ccccc54)NC(=O)OC(C)(C)C)N3[C@@H](C#N)[C@H](C2)N1C.COCOc1c(OC)c(C)cc2c1[C@@H]1C3[C@@H]4SC[C@@H](NC(=O)OC(C)(C)C)C(=O)OC[C@@H](c5c6c(c(C)c(OC(C)=O)c54)OCO6)N3[C@@H](C#N)[C@H](C2)N1C. The van der Waals surface area contributed by atoms with Crippen LogP contribution in [-0.4, -0.2) is 232 Å². The van der Waals surface area contributed by atoms with E-state index in [4.69, 9.17) is 71.1 Å². The van der Waals surface area contributed by atoms with Gasteiger partial charge in [-0.05, 0) is 141 Å². The van der Waals surface area contributed by atoms with Crippen molar-refractivity contribution in [3.8, 4) is 63.5 Å². The number of piperazine rings is 2. The van der Waals surface area contributed by atoms with Crippen molar-refractivity contribution >= 4 is 59.4 Å². The number of amides is 2. The van der Waals surface area contributed by atoms with Crippen molar-refractivity contribution in [1.82, 2.24) is 30.2 Å². The third kappa shape index (κ3) is 14.9. The van der Waals surface area contributed by atoms with E-state index in [0.29, 0.717) is 75.5 Å². The number of nitriles is 2. The van der Waals surface area contributed by atoms with E-state index in [1.165, 1.54) is 59.8 Å². The second kappa shape index (κ2) is 33.4. The molecular formula is C88H102N8O22S2. The van der Waals surface area contributed by atoms with Crippen LogP contribution in [0.1, 0.15) is 152 Å². The Bertz CT molecular complexity index is 5080. The standard InChI is InChI=1S/C50H56N4O11S.C38H46N4O11S/c1-26-17-28-18-35-37(20-51)54-36(41(53(35)6)39(28)44(42(26)60-8)62-24-59-7)19-50(58)40(45-43(63-25-64-45)27(2)46(50)55)38(54)21-61-47(56)34(52-48(57)65-49(3,4)5)23-66-22-33-31-15-11-9-13-29(31)30-14-10-12-16-32(30)33;1-17-10-20-11-22-23(12-39)42-24-13-48-36(44)21(40-37(45)53-38(4,5)6)14-54-35(27-26(24)34-32(50-16-51-34)18(2)31(27)52-19(3)43)29(42)28(41(22)7)25(20)33(30(17)47-9)49-15-46-8/h9-17,33-38,41,58H,18-19,21-25H2,1-8H3,(H,52,57);10,21-24,28-29,35H,11,13-16H2,1-9H3,(H,40,45)/t34-,35+,36?,37+,38+,41+,50?;21-,22+,23+,24+,28-,29?,35-/m11/s1. The zero-order chi connectivity index (χ0) is 85.6. The molecule has 5 saturated heterocycles. The van der Waals surface area contributed by atoms with Crippen molar-refractivity contribution < 1.29 is 105 Å². The molecule has 3 N–H and O–H groups in total. The van der Waals surface area contributed by atoms with Gasteiger partial charge < -0.3 is 86.8 Å². The zero-order valence-corrected chi connectivity index (χ0v) is 72.0. The highest BCUT2D eigenvalue weighted by molar-refractivity contribution is 7.99. The lowest BCUT2D eigenvalue weighted by atomic mass is 9.65. The van der Waals surface area contributed by atoms with Crippen LogP contribution in [0.15, 0.2) is 83.3 Å². The van der Waals surface area contributed by atoms with Crippen molar-refractivity contribution in [3.05, 3.63) is 145 Å². The van der Waals surface area contributed by atoms with Gasteiger partial charge >= 0.3 is 30.1 Å². The summed E-state index contributed by atoms with van der Waals surface area (Å²) in [6.45, 7) is 18.1. The van der Waals surface area contributed by atoms with Crippen LogP contribution in [0.2, 0.25) is 0 Å². The molecule has 120 heavy (non-hydrogen) atoms. The predicted molar refractivity (Wildman–Crippen MR) is 437 cm³/mol. The number of hydrogen-bond acceptors (Lipinski definition) is 30. The number of alkyl carbamates (subject to hydrolysis) is 2. The number of nitrogens with zero attached hydrogens (tertiary/aromatic N) is 6. The Balaban J connectivity index is 0.000000191. The minimum Gasteiger partial charge on any atom is -0.493 e. The van der Waals surface area contributed by atoms with Crippen LogP contribution in [0.25, 0.3) is 11.1 Å². The van der Waals surface area contributed by atoms with Gasteiger partial charge in [0, 0.05) is 114 Å². The largest absolute Gasteiger partial charge is 0.493 e. The van der Waals surface area contributed by atoms with E-state index < -0.39 is 125 Å². The Morgan fingerprint density at radius 3 is 1.83 bits per heavy atom. The number of ketones is 1. The van der Waals surface area contributed by atoms with Crippen molar-refractivity contribution in [2.75, 3.05) is 100 Å². The summed E-state index contributed by atoms with van der Waals surface area (Å²) < 4.78 is 88.9. The molecule has 0 aromatic heterocycles. The highest BCUT2D eigenvalue weighted by Crippen LogP contribution is 2.65. The van der Waals surface area contributed by atoms with E-state index in [1.807, 2.05) is 70.1 Å². The fourth-order valence-electron chi connectivity index (χ4n) is 19.9. The fourth-order valence-corrected chi connectivity index (χ4v) is 22.6. The van der Waals surface area contributed by atoms with E-state index in [-0.39, 0.29) is 92.4 Å². The molecule has 0 saturated carbocycles. The second-order valence-electron chi connectivity index (χ2n) is 33.9. The van der Waals surface area contributed by atoms with Gasteiger partial charge in [0.1, 0.15) is 54.3 Å². The molecule has 0 spiro atoms. The van der Waals surface area contributed by atoms with Crippen LogP contribution in [-0.2, 0) is 69.9 Å². The number of aryl methyl sites for hydroxylation is 2. The van der Waals surface area contributed by atoms with E-state index in [1.54, 1.807) is 69.8 Å². The number of ether oxygens (including phenoxy) is 15. The summed E-state index contributed by atoms with van der Waals surface area (Å²) in [4.78, 5) is 90.8. The maximum absolute atomic E-state index is 14.6. The molecule has 14 atom stereocenters. The van der Waals surface area contributed by atoms with Gasteiger partial charge in [-0.15, -0.1) is 11.8 Å². The molecule has 5 fully saturated rings. The highest BCUT2D eigenvalue weighted by Gasteiger charge is 2.66. The number of methoxy groups -OCH3 is 4. The van der Waals surface area contributed by atoms with Gasteiger partial charge in [-0.1, -0.05) is 60.7 Å². The molecule has 16 rings (SSSR count). The molecule has 32 heteroatoms. The Kier molecular flexibility index (Phi) is 23.7. The number of hydrogen-bond donors (Lipinski definition) is 3. The van der Waals surface area contributed by atoms with Crippen molar-refractivity contribution in [2.45, 2.75) is 196 Å². The summed E-state index contributed by atoms with van der Waals surface area (Å²) in [6, 6.07) is 17.6. The molecule has 3 unspecified atom stereocenters. The zero-order valence-electron chi connectivity index (χ0n) is 70.4. The maximum Gasteiger partial charge on any atom is 0.408 e. The molecule has 0 radical (unpaired) electrons. The molecule has 638 valence electrons. The molecule has 30 nitrogen and oxygen atoms in total. The van der Waals surface area contributed by atoms with Crippen molar-refractivity contribution in [3.63, 3.8) is 0 Å². The molecule has 5 aromatic rings. The normalized spacial score (nSPS) is 26.3. The van der Waals surface area contributed by atoms with Gasteiger partial charge in [0.15, 0.2) is 71.0 Å². The second-order valence-corrected chi connectivity index (χ2v) is 36.1. The number of Topliss-reactive ketones (excluding diaryl/α,β-unsaturated/α-hetero) is 1. The Hall–Kier alpha value is -10.00. The Morgan fingerprint density at radius 1 is 0.692 bits per heavy atom. The van der Waals surface area contributed by atoms with Gasteiger partial charge in [-0.2, -0.15) is 22.3 Å². The number of benzene rings is 5. The average molecular weight is 1690 g/mol. The molecule has 6 bridgehead atoms. The summed E-state index contributed by atoms with van der Waals surface area (Å²) in [6.07, 6.45) is -0.692. The fraction of sp³-hybridized carbons (Fsp3) is 0.523. The van der Waals surface area contributed by atoms with E-state index in [9.17, 15) is 44.4 Å². The number of likely N-dealkylation sites (N-methyl/N-ethyl adjacent to an activating group) is 2. The first kappa shape index (κ1) is 85.0. The smallest absolute Gasteiger partial charge is 0.408 e. The summed E-state index contributed by atoms with van der Waals surface area (Å²) in [7, 11) is 10.2. The number of piperidine rings is 1. The molecule has 5 aromatic carbocycles. The number of aliphatic hydroxyl groups is 1.